The maximum absolute atomic E-state index is 11.9. The van der Waals surface area contributed by atoms with E-state index in [1.807, 2.05) is 0 Å². The van der Waals surface area contributed by atoms with E-state index in [9.17, 15) is 9.59 Å². The lowest BCUT2D eigenvalue weighted by atomic mass is 10.2. The number of hydrogen-bond acceptors (Lipinski definition) is 6. The summed E-state index contributed by atoms with van der Waals surface area (Å²) < 4.78 is 11.0. The molecule has 0 bridgehead atoms. The number of nitrogens with zero attached hydrogens (tertiary/aromatic N) is 1. The number of pyridine rings is 1. The Hall–Kier alpha value is -2.38. The maximum Gasteiger partial charge on any atom is 0.413 e. The van der Waals surface area contributed by atoms with Crippen LogP contribution in [0, 0.1) is 6.92 Å². The predicted molar refractivity (Wildman–Crippen MR) is 86.3 cm³/mol. The van der Waals surface area contributed by atoms with Crippen molar-refractivity contribution in [2.45, 2.75) is 13.5 Å². The molecule has 0 saturated heterocycles. The van der Waals surface area contributed by atoms with Gasteiger partial charge in [0.25, 0.3) is 0 Å². The van der Waals surface area contributed by atoms with Gasteiger partial charge in [0.15, 0.2) is 12.0 Å². The van der Waals surface area contributed by atoms with Gasteiger partial charge < -0.3 is 14.5 Å². The molecule has 1 N–H and O–H groups in total. The molecule has 0 fully saturated rings. The minimum absolute atomic E-state index is 0.185. The van der Waals surface area contributed by atoms with Crippen molar-refractivity contribution in [2.24, 2.45) is 0 Å². The van der Waals surface area contributed by atoms with Crippen LogP contribution in [0.2, 0.25) is 5.15 Å². The summed E-state index contributed by atoms with van der Waals surface area (Å²) in [5, 5.41) is 2.75. The fraction of sp³-hybridized carbons (Fsp3) is 0.133. The van der Waals surface area contributed by atoms with Gasteiger partial charge in [-0.15, -0.1) is 11.3 Å². The van der Waals surface area contributed by atoms with Crippen LogP contribution < -0.4 is 10.1 Å². The molecule has 0 aliphatic rings. The van der Waals surface area contributed by atoms with Gasteiger partial charge in [-0.1, -0.05) is 11.6 Å². The Labute approximate surface area is 140 Å². The van der Waals surface area contributed by atoms with E-state index in [1.165, 1.54) is 23.7 Å². The second kappa shape index (κ2) is 6.39. The summed E-state index contributed by atoms with van der Waals surface area (Å²) in [5.74, 6) is 0.869. The number of thiophene rings is 1. The second-order valence-corrected chi connectivity index (χ2v) is 6.09. The van der Waals surface area contributed by atoms with Gasteiger partial charge >= 0.3 is 6.09 Å². The first-order valence-corrected chi connectivity index (χ1v) is 7.81. The van der Waals surface area contributed by atoms with Gasteiger partial charge in [0, 0.05) is 6.07 Å². The first-order valence-electron chi connectivity index (χ1n) is 6.61. The normalized spacial score (nSPS) is 10.7. The van der Waals surface area contributed by atoms with Crippen LogP contribution in [0.1, 0.15) is 21.0 Å². The molecule has 3 heterocycles. The predicted octanol–water partition coefficient (Wildman–Crippen LogP) is 3.95. The number of carbonyl (C=O) groups is 2. The monoisotopic (exact) mass is 350 g/mol. The van der Waals surface area contributed by atoms with Crippen molar-refractivity contribution >= 4 is 45.5 Å². The smallest absolute Gasteiger partial charge is 0.413 e. The SMILES string of the molecule is Cc1c(C=O)sc2c(OC(=O)NCc3ccco3)cc(Cl)nc12. The number of halogens is 1. The molecule has 23 heavy (non-hydrogen) atoms. The van der Waals surface area contributed by atoms with Crippen LogP contribution in [0.4, 0.5) is 4.79 Å². The summed E-state index contributed by atoms with van der Waals surface area (Å²) in [7, 11) is 0. The number of hydrogen-bond donors (Lipinski definition) is 1. The van der Waals surface area contributed by atoms with Gasteiger partial charge in [-0.25, -0.2) is 9.78 Å². The Balaban J connectivity index is 1.84. The lowest BCUT2D eigenvalue weighted by molar-refractivity contribution is 0.112. The van der Waals surface area contributed by atoms with Crippen LogP contribution in [0.25, 0.3) is 10.2 Å². The molecule has 0 radical (unpaired) electrons. The van der Waals surface area contributed by atoms with Crippen molar-refractivity contribution in [3.05, 3.63) is 45.8 Å². The van der Waals surface area contributed by atoms with E-state index in [1.54, 1.807) is 19.1 Å². The molecule has 0 saturated carbocycles. The molecule has 3 rings (SSSR count). The zero-order valence-electron chi connectivity index (χ0n) is 12.0. The highest BCUT2D eigenvalue weighted by molar-refractivity contribution is 7.21. The van der Waals surface area contributed by atoms with Crippen molar-refractivity contribution in [3.8, 4) is 5.75 Å². The van der Waals surface area contributed by atoms with Crippen LogP contribution in [-0.4, -0.2) is 17.4 Å². The van der Waals surface area contributed by atoms with E-state index in [0.717, 1.165) is 6.29 Å². The fourth-order valence-corrected chi connectivity index (χ4v) is 3.23. The van der Waals surface area contributed by atoms with Gasteiger partial charge in [-0.2, -0.15) is 0 Å². The van der Waals surface area contributed by atoms with E-state index in [2.05, 4.69) is 10.3 Å². The van der Waals surface area contributed by atoms with Crippen LogP contribution in [0.15, 0.2) is 28.9 Å². The highest BCUT2D eigenvalue weighted by atomic mass is 35.5. The summed E-state index contributed by atoms with van der Waals surface area (Å²) in [6.45, 7) is 1.98. The maximum atomic E-state index is 11.9. The van der Waals surface area contributed by atoms with E-state index in [4.69, 9.17) is 20.8 Å². The summed E-state index contributed by atoms with van der Waals surface area (Å²) in [4.78, 5) is 27.7. The van der Waals surface area contributed by atoms with Crippen LogP contribution >= 0.6 is 22.9 Å². The zero-order valence-corrected chi connectivity index (χ0v) is 13.5. The van der Waals surface area contributed by atoms with Gasteiger partial charge in [-0.05, 0) is 24.6 Å². The first-order chi connectivity index (χ1) is 11.1. The highest BCUT2D eigenvalue weighted by Crippen LogP contribution is 2.37. The number of fused-ring (bicyclic) bond motifs is 1. The molecule has 8 heteroatoms. The molecule has 0 spiro atoms. The van der Waals surface area contributed by atoms with Crippen molar-refractivity contribution in [2.75, 3.05) is 0 Å². The second-order valence-electron chi connectivity index (χ2n) is 4.65. The molecule has 118 valence electrons. The molecule has 1 amide bonds. The number of aryl methyl sites for hydroxylation is 1. The number of aldehydes is 1. The number of furan rings is 1. The minimum Gasteiger partial charge on any atom is -0.467 e. The number of ether oxygens (including phenoxy) is 1. The van der Waals surface area contributed by atoms with Crippen LogP contribution in [0.3, 0.4) is 0 Å². The Kier molecular flexibility index (Phi) is 4.31. The van der Waals surface area contributed by atoms with Gasteiger partial charge in [0.1, 0.15) is 10.9 Å². The van der Waals surface area contributed by atoms with Gasteiger partial charge in [0.05, 0.1) is 27.9 Å². The van der Waals surface area contributed by atoms with Crippen molar-refractivity contribution < 1.29 is 18.7 Å². The highest BCUT2D eigenvalue weighted by Gasteiger charge is 2.17. The molecule has 3 aromatic heterocycles. The quantitative estimate of drug-likeness (QED) is 0.569. The Morgan fingerprint density at radius 1 is 1.57 bits per heavy atom. The molecule has 3 aromatic rings. The molecular weight excluding hydrogens is 340 g/mol. The molecule has 0 aromatic carbocycles. The van der Waals surface area contributed by atoms with E-state index < -0.39 is 6.09 Å². The summed E-state index contributed by atoms with van der Waals surface area (Å²) >= 11 is 7.17. The first kappa shape index (κ1) is 15.5. The van der Waals surface area contributed by atoms with E-state index >= 15 is 0 Å². The van der Waals surface area contributed by atoms with E-state index in [-0.39, 0.29) is 17.4 Å². The molecular formula is C15H11ClN2O4S. The zero-order chi connectivity index (χ0) is 16.4. The third kappa shape index (κ3) is 3.20. The lowest BCUT2D eigenvalue weighted by Gasteiger charge is -2.07. The lowest BCUT2D eigenvalue weighted by Crippen LogP contribution is -2.26. The van der Waals surface area contributed by atoms with Gasteiger partial charge in [0.2, 0.25) is 0 Å². The average molecular weight is 351 g/mol. The summed E-state index contributed by atoms with van der Waals surface area (Å²) in [5.41, 5.74) is 1.27. The standard InChI is InChI=1S/C15H11ClN2O4S/c1-8-11(7-19)23-14-10(5-12(16)18-13(8)14)22-15(20)17-6-9-3-2-4-21-9/h2-5,7H,6H2,1H3,(H,17,20). The molecule has 0 aliphatic heterocycles. The Bertz CT molecular complexity index is 873. The number of carbonyl (C=O) groups excluding carboxylic acids is 2. The third-order valence-corrected chi connectivity index (χ3v) is 4.56. The average Bonchev–Trinajstić information content (AvgIpc) is 3.14. The Morgan fingerprint density at radius 2 is 2.39 bits per heavy atom. The fourth-order valence-electron chi connectivity index (χ4n) is 2.03. The number of nitrogens with one attached hydrogen (secondary N) is 1. The largest absolute Gasteiger partial charge is 0.467 e. The number of amides is 1. The minimum atomic E-state index is -0.649. The van der Waals surface area contributed by atoms with Crippen molar-refractivity contribution in [3.63, 3.8) is 0 Å². The molecule has 0 aliphatic carbocycles. The van der Waals surface area contributed by atoms with Gasteiger partial charge in [-0.3, -0.25) is 4.79 Å². The topological polar surface area (TPSA) is 81.4 Å². The number of rotatable bonds is 4. The molecule has 6 nitrogen and oxygen atoms in total. The Morgan fingerprint density at radius 3 is 3.09 bits per heavy atom. The van der Waals surface area contributed by atoms with Crippen LogP contribution in [0.5, 0.6) is 5.75 Å². The van der Waals surface area contributed by atoms with E-state index in [0.29, 0.717) is 26.4 Å². The molecule has 0 unspecified atom stereocenters. The number of aromatic nitrogens is 1. The molecule has 0 atom stereocenters. The summed E-state index contributed by atoms with van der Waals surface area (Å²) in [6, 6.07) is 4.91. The van der Waals surface area contributed by atoms with Crippen LogP contribution in [-0.2, 0) is 6.54 Å². The van der Waals surface area contributed by atoms with Crippen molar-refractivity contribution in [1.29, 1.82) is 0 Å². The van der Waals surface area contributed by atoms with Crippen molar-refractivity contribution in [1.82, 2.24) is 10.3 Å². The third-order valence-electron chi connectivity index (χ3n) is 3.14. The summed E-state index contributed by atoms with van der Waals surface area (Å²) in [6.07, 6.45) is 1.61.